The summed E-state index contributed by atoms with van der Waals surface area (Å²) >= 11 is 5.98. The first kappa shape index (κ1) is 16.1. The third kappa shape index (κ3) is 3.37. The quantitative estimate of drug-likeness (QED) is 0.751. The minimum Gasteiger partial charge on any atom is -0.353 e. The molecule has 0 saturated carbocycles. The van der Waals surface area contributed by atoms with Crippen LogP contribution in [-0.2, 0) is 24.2 Å². The molecule has 1 aliphatic heterocycles. The van der Waals surface area contributed by atoms with Gasteiger partial charge in [-0.3, -0.25) is 4.79 Å². The molecule has 0 bridgehead atoms. The summed E-state index contributed by atoms with van der Waals surface area (Å²) < 4.78 is 2.13. The Hall–Kier alpha value is -2.41. The van der Waals surface area contributed by atoms with Crippen LogP contribution in [0.1, 0.15) is 30.3 Å². The van der Waals surface area contributed by atoms with Gasteiger partial charge in [0.1, 0.15) is 17.5 Å². The molecule has 0 saturated heterocycles. The molecule has 8 heteroatoms. The van der Waals surface area contributed by atoms with E-state index in [1.807, 2.05) is 19.1 Å². The van der Waals surface area contributed by atoms with Crippen molar-refractivity contribution in [1.82, 2.24) is 30.0 Å². The van der Waals surface area contributed by atoms with Gasteiger partial charge in [0.15, 0.2) is 0 Å². The number of benzene rings is 1. The summed E-state index contributed by atoms with van der Waals surface area (Å²) in [5.41, 5.74) is 1.66. The van der Waals surface area contributed by atoms with E-state index in [-0.39, 0.29) is 18.4 Å². The zero-order chi connectivity index (χ0) is 17.4. The summed E-state index contributed by atoms with van der Waals surface area (Å²) in [4.78, 5) is 20.0. The van der Waals surface area contributed by atoms with Gasteiger partial charge in [-0.15, -0.1) is 10.2 Å². The van der Waals surface area contributed by atoms with Crippen molar-refractivity contribution in [2.45, 2.75) is 45.2 Å². The molecular formula is C17H19ClN6O. The predicted molar refractivity (Wildman–Crippen MR) is 94.4 cm³/mol. The van der Waals surface area contributed by atoms with E-state index in [1.165, 1.54) is 0 Å². The van der Waals surface area contributed by atoms with Crippen LogP contribution in [0.25, 0.3) is 11.0 Å². The van der Waals surface area contributed by atoms with Crippen molar-refractivity contribution in [3.63, 3.8) is 0 Å². The van der Waals surface area contributed by atoms with Crippen LogP contribution in [0, 0.1) is 6.92 Å². The molecule has 0 aliphatic carbocycles. The molecule has 3 heterocycles. The molecule has 4 rings (SSSR count). The van der Waals surface area contributed by atoms with Gasteiger partial charge in [0, 0.05) is 24.0 Å². The summed E-state index contributed by atoms with van der Waals surface area (Å²) in [5, 5.41) is 12.1. The van der Waals surface area contributed by atoms with Crippen LogP contribution in [0.4, 0.5) is 0 Å². The van der Waals surface area contributed by atoms with E-state index < -0.39 is 0 Å². The van der Waals surface area contributed by atoms with Gasteiger partial charge in [-0.2, -0.15) is 0 Å². The molecule has 0 fully saturated rings. The normalized spacial score (nSPS) is 17.3. The highest BCUT2D eigenvalue weighted by molar-refractivity contribution is 6.31. The third-order valence-electron chi connectivity index (χ3n) is 4.62. The number of H-pyrrole nitrogens is 1. The number of aromatic amines is 1. The lowest BCUT2D eigenvalue weighted by molar-refractivity contribution is -0.121. The fourth-order valence-electron chi connectivity index (χ4n) is 3.33. The van der Waals surface area contributed by atoms with Crippen molar-refractivity contribution in [2.75, 3.05) is 0 Å². The molecular weight excluding hydrogens is 340 g/mol. The number of nitrogens with one attached hydrogen (secondary N) is 2. The lowest BCUT2D eigenvalue weighted by Crippen LogP contribution is -2.36. The highest BCUT2D eigenvalue weighted by Gasteiger charge is 2.20. The predicted octanol–water partition coefficient (Wildman–Crippen LogP) is 2.18. The first-order chi connectivity index (χ1) is 12.1. The number of nitrogens with zero attached hydrogens (tertiary/aromatic N) is 4. The number of aromatic nitrogens is 5. The van der Waals surface area contributed by atoms with Crippen LogP contribution in [-0.4, -0.2) is 36.7 Å². The molecule has 0 spiro atoms. The van der Waals surface area contributed by atoms with Gasteiger partial charge in [0.2, 0.25) is 5.91 Å². The highest BCUT2D eigenvalue weighted by atomic mass is 35.5. The fraction of sp³-hybridized carbons (Fsp3) is 0.412. The Kier molecular flexibility index (Phi) is 4.17. The van der Waals surface area contributed by atoms with Crippen molar-refractivity contribution >= 4 is 28.5 Å². The number of hydrogen-bond acceptors (Lipinski definition) is 4. The van der Waals surface area contributed by atoms with E-state index in [4.69, 9.17) is 11.6 Å². The molecule has 25 heavy (non-hydrogen) atoms. The Morgan fingerprint density at radius 1 is 1.40 bits per heavy atom. The van der Waals surface area contributed by atoms with E-state index in [2.05, 4.69) is 30.0 Å². The Balaban J connectivity index is 1.38. The molecule has 130 valence electrons. The largest absolute Gasteiger partial charge is 0.353 e. The number of imidazole rings is 1. The fourth-order valence-corrected chi connectivity index (χ4v) is 3.50. The van der Waals surface area contributed by atoms with Crippen LogP contribution in [0.2, 0.25) is 5.02 Å². The van der Waals surface area contributed by atoms with Gasteiger partial charge in [0.25, 0.3) is 0 Å². The number of halogens is 1. The maximum atomic E-state index is 12.4. The van der Waals surface area contributed by atoms with Gasteiger partial charge < -0.3 is 14.9 Å². The van der Waals surface area contributed by atoms with E-state index in [1.54, 1.807) is 6.07 Å². The summed E-state index contributed by atoms with van der Waals surface area (Å²) in [5.74, 6) is 2.56. The van der Waals surface area contributed by atoms with Crippen LogP contribution in [0.3, 0.4) is 0 Å². The number of fused-ring (bicyclic) bond motifs is 2. The Morgan fingerprint density at radius 2 is 2.28 bits per heavy atom. The molecule has 1 unspecified atom stereocenters. The van der Waals surface area contributed by atoms with Gasteiger partial charge >= 0.3 is 0 Å². The van der Waals surface area contributed by atoms with Crippen molar-refractivity contribution in [3.05, 3.63) is 40.7 Å². The topological polar surface area (TPSA) is 88.5 Å². The Labute approximate surface area is 149 Å². The second-order valence-corrected chi connectivity index (χ2v) is 6.87. The number of amides is 1. The van der Waals surface area contributed by atoms with Crippen molar-refractivity contribution in [1.29, 1.82) is 0 Å². The molecule has 1 amide bonds. The molecule has 2 aromatic heterocycles. The SMILES string of the molecule is Cc1nnc2n1CCC(NC(=O)Cc1nc3ccc(Cl)cc3[nH]1)CC2. The maximum Gasteiger partial charge on any atom is 0.227 e. The molecule has 7 nitrogen and oxygen atoms in total. The van der Waals surface area contributed by atoms with Crippen LogP contribution < -0.4 is 5.32 Å². The molecule has 3 aromatic rings. The monoisotopic (exact) mass is 358 g/mol. The Morgan fingerprint density at radius 3 is 3.16 bits per heavy atom. The average molecular weight is 359 g/mol. The van der Waals surface area contributed by atoms with E-state index in [0.717, 1.165) is 48.5 Å². The van der Waals surface area contributed by atoms with Crippen LogP contribution in [0.15, 0.2) is 18.2 Å². The lowest BCUT2D eigenvalue weighted by atomic mass is 10.1. The number of rotatable bonds is 3. The molecule has 0 radical (unpaired) electrons. The minimum absolute atomic E-state index is 0.0236. The molecule has 1 aromatic carbocycles. The molecule has 1 aliphatic rings. The zero-order valence-electron chi connectivity index (χ0n) is 13.9. The average Bonchev–Trinajstić information content (AvgIpc) is 3.05. The third-order valence-corrected chi connectivity index (χ3v) is 4.85. The first-order valence-corrected chi connectivity index (χ1v) is 8.78. The van der Waals surface area contributed by atoms with Crippen LogP contribution in [0.5, 0.6) is 0 Å². The Bertz CT molecular complexity index is 931. The van der Waals surface area contributed by atoms with Gasteiger partial charge in [-0.1, -0.05) is 11.6 Å². The van der Waals surface area contributed by atoms with Crippen LogP contribution >= 0.6 is 11.6 Å². The number of hydrogen-bond donors (Lipinski definition) is 2. The number of aryl methyl sites for hydroxylation is 2. The summed E-state index contributed by atoms with van der Waals surface area (Å²) in [6.07, 6.45) is 2.82. The summed E-state index contributed by atoms with van der Waals surface area (Å²) in [6, 6.07) is 5.60. The standard InChI is InChI=1S/C17H19ClN6O/c1-10-22-23-16-5-3-12(6-7-24(10)16)19-17(25)9-15-20-13-4-2-11(18)8-14(13)21-15/h2,4,8,12H,3,5-7,9H2,1H3,(H,19,25)(H,20,21). The van der Waals surface area contributed by atoms with E-state index in [0.29, 0.717) is 10.8 Å². The summed E-state index contributed by atoms with van der Waals surface area (Å²) in [7, 11) is 0. The van der Waals surface area contributed by atoms with E-state index in [9.17, 15) is 4.79 Å². The molecule has 1 atom stereocenters. The van der Waals surface area contributed by atoms with Gasteiger partial charge in [-0.25, -0.2) is 4.98 Å². The highest BCUT2D eigenvalue weighted by Crippen LogP contribution is 2.18. The van der Waals surface area contributed by atoms with Crippen molar-refractivity contribution in [3.8, 4) is 0 Å². The first-order valence-electron chi connectivity index (χ1n) is 8.40. The second-order valence-electron chi connectivity index (χ2n) is 6.43. The maximum absolute atomic E-state index is 12.4. The van der Waals surface area contributed by atoms with Gasteiger partial charge in [0.05, 0.1) is 17.5 Å². The lowest BCUT2D eigenvalue weighted by Gasteiger charge is -2.15. The minimum atomic E-state index is -0.0236. The van der Waals surface area contributed by atoms with Crippen molar-refractivity contribution < 1.29 is 4.79 Å². The molecule has 2 N–H and O–H groups in total. The smallest absolute Gasteiger partial charge is 0.227 e. The number of carbonyl (C=O) groups is 1. The van der Waals surface area contributed by atoms with Gasteiger partial charge in [-0.05, 0) is 38.0 Å². The second kappa shape index (κ2) is 6.48. The number of carbonyl (C=O) groups excluding carboxylic acids is 1. The van der Waals surface area contributed by atoms with E-state index >= 15 is 0 Å². The summed E-state index contributed by atoms with van der Waals surface area (Å²) in [6.45, 7) is 2.80. The van der Waals surface area contributed by atoms with Crippen molar-refractivity contribution in [2.24, 2.45) is 0 Å². The zero-order valence-corrected chi connectivity index (χ0v) is 14.7.